The van der Waals surface area contributed by atoms with Crippen LogP contribution in [0.2, 0.25) is 0 Å². The summed E-state index contributed by atoms with van der Waals surface area (Å²) in [5.41, 5.74) is -1.03. The van der Waals surface area contributed by atoms with E-state index in [1.54, 1.807) is 0 Å². The second-order valence-electron chi connectivity index (χ2n) is 6.54. The molecule has 1 amide bonds. The Labute approximate surface area is 116 Å². The molecule has 1 unspecified atom stereocenters. The Morgan fingerprint density at radius 1 is 1.26 bits per heavy atom. The number of amides is 1. The third kappa shape index (κ3) is 4.22. The van der Waals surface area contributed by atoms with Crippen LogP contribution < -0.4 is 5.32 Å². The van der Waals surface area contributed by atoms with Gasteiger partial charge in [-0.15, -0.1) is 0 Å². The van der Waals surface area contributed by atoms with Gasteiger partial charge in [-0.1, -0.05) is 27.7 Å². The highest BCUT2D eigenvalue weighted by Crippen LogP contribution is 2.32. The first-order valence-electron chi connectivity index (χ1n) is 7.31. The highest BCUT2D eigenvalue weighted by molar-refractivity contribution is 5.87. The average Bonchev–Trinajstić information content (AvgIpc) is 2.31. The molecule has 0 aromatic carbocycles. The lowest BCUT2D eigenvalue weighted by Gasteiger charge is -2.36. The fraction of sp³-hybridized carbons (Fsp3) is 0.867. The van der Waals surface area contributed by atoms with Gasteiger partial charge in [0.2, 0.25) is 5.91 Å². The normalized spacial score (nSPS) is 29.0. The molecular weight excluding hydrogens is 242 g/mol. The Balaban J connectivity index is 2.64. The van der Waals surface area contributed by atoms with Gasteiger partial charge in [0, 0.05) is 6.42 Å². The second-order valence-corrected chi connectivity index (χ2v) is 6.54. The highest BCUT2D eigenvalue weighted by Gasteiger charge is 2.42. The van der Waals surface area contributed by atoms with Crippen molar-refractivity contribution in [1.29, 1.82) is 0 Å². The minimum absolute atomic E-state index is 0.127. The lowest BCUT2D eigenvalue weighted by Crippen LogP contribution is -2.56. The number of carbonyl (C=O) groups excluding carboxylic acids is 1. The number of hydrogen-bond donors (Lipinski definition) is 2. The molecule has 110 valence electrons. The molecule has 1 aliphatic carbocycles. The molecule has 0 heterocycles. The van der Waals surface area contributed by atoms with Crippen molar-refractivity contribution in [2.45, 2.75) is 65.3 Å². The summed E-state index contributed by atoms with van der Waals surface area (Å²) in [4.78, 5) is 23.6. The van der Waals surface area contributed by atoms with Gasteiger partial charge in [-0.3, -0.25) is 4.79 Å². The maximum Gasteiger partial charge on any atom is 0.329 e. The third-order valence-corrected chi connectivity index (χ3v) is 4.56. The molecule has 1 atom stereocenters. The first-order valence-corrected chi connectivity index (χ1v) is 7.31. The van der Waals surface area contributed by atoms with Crippen LogP contribution in [0, 0.1) is 17.8 Å². The number of hydrogen-bond acceptors (Lipinski definition) is 2. The fourth-order valence-electron chi connectivity index (χ4n) is 2.49. The maximum atomic E-state index is 12.0. The van der Waals surface area contributed by atoms with Crippen LogP contribution in [-0.4, -0.2) is 22.5 Å². The maximum absolute atomic E-state index is 12.0. The van der Waals surface area contributed by atoms with E-state index in [0.29, 0.717) is 31.1 Å². The Morgan fingerprint density at radius 2 is 1.79 bits per heavy atom. The van der Waals surface area contributed by atoms with Gasteiger partial charge in [-0.05, 0) is 43.4 Å². The number of carbonyl (C=O) groups is 2. The van der Waals surface area contributed by atoms with E-state index in [9.17, 15) is 14.7 Å². The Bertz CT molecular complexity index is 330. The fourth-order valence-corrected chi connectivity index (χ4v) is 2.49. The molecule has 1 saturated carbocycles. The lowest BCUT2D eigenvalue weighted by molar-refractivity contribution is -0.149. The molecule has 0 saturated heterocycles. The van der Waals surface area contributed by atoms with E-state index in [-0.39, 0.29) is 11.8 Å². The van der Waals surface area contributed by atoms with Crippen LogP contribution in [0.5, 0.6) is 0 Å². The largest absolute Gasteiger partial charge is 0.480 e. The van der Waals surface area contributed by atoms with Gasteiger partial charge in [-0.2, -0.15) is 0 Å². The summed E-state index contributed by atoms with van der Waals surface area (Å²) in [5, 5.41) is 12.3. The summed E-state index contributed by atoms with van der Waals surface area (Å²) < 4.78 is 0. The average molecular weight is 269 g/mol. The molecule has 4 heteroatoms. The molecule has 1 aliphatic rings. The van der Waals surface area contributed by atoms with Crippen LogP contribution >= 0.6 is 0 Å². The number of aliphatic carboxylic acids is 1. The van der Waals surface area contributed by atoms with Crippen molar-refractivity contribution in [1.82, 2.24) is 5.32 Å². The predicted molar refractivity (Wildman–Crippen MR) is 74.8 cm³/mol. The Kier molecular flexibility index (Phi) is 5.39. The molecule has 0 aliphatic heterocycles. The number of carboxylic acids is 1. The molecule has 0 aromatic rings. The van der Waals surface area contributed by atoms with E-state index in [1.165, 1.54) is 0 Å². The summed E-state index contributed by atoms with van der Waals surface area (Å²) in [6.45, 7) is 8.31. The zero-order valence-electron chi connectivity index (χ0n) is 12.5. The van der Waals surface area contributed by atoms with Crippen molar-refractivity contribution >= 4 is 11.9 Å². The van der Waals surface area contributed by atoms with Crippen LogP contribution in [0.4, 0.5) is 0 Å². The molecule has 2 N–H and O–H groups in total. The van der Waals surface area contributed by atoms with Crippen molar-refractivity contribution in [2.24, 2.45) is 17.8 Å². The minimum atomic E-state index is -1.03. The molecule has 0 spiro atoms. The van der Waals surface area contributed by atoms with Crippen LogP contribution in [0.3, 0.4) is 0 Å². The van der Waals surface area contributed by atoms with Gasteiger partial charge in [0.05, 0.1) is 0 Å². The van der Waals surface area contributed by atoms with Crippen LogP contribution in [0.1, 0.15) is 59.8 Å². The molecule has 4 nitrogen and oxygen atoms in total. The van der Waals surface area contributed by atoms with Gasteiger partial charge in [0.15, 0.2) is 0 Å². The SMILES string of the molecule is CC1CCC(NC(=O)CC(C)C(C)C)(C(=O)O)CC1. The Morgan fingerprint density at radius 3 is 2.21 bits per heavy atom. The summed E-state index contributed by atoms with van der Waals surface area (Å²) in [5.74, 6) is 0.244. The second kappa shape index (κ2) is 6.40. The summed E-state index contributed by atoms with van der Waals surface area (Å²) in [7, 11) is 0. The number of carboxylic acid groups (broad SMARTS) is 1. The van der Waals surface area contributed by atoms with Gasteiger partial charge in [0.1, 0.15) is 5.54 Å². The van der Waals surface area contributed by atoms with E-state index in [1.807, 2.05) is 6.92 Å². The Hall–Kier alpha value is -1.06. The zero-order valence-corrected chi connectivity index (χ0v) is 12.5. The van der Waals surface area contributed by atoms with E-state index >= 15 is 0 Å². The summed E-state index contributed by atoms with van der Waals surface area (Å²) in [6, 6.07) is 0. The number of rotatable bonds is 5. The highest BCUT2D eigenvalue weighted by atomic mass is 16.4. The van der Waals surface area contributed by atoms with Gasteiger partial charge in [-0.25, -0.2) is 4.79 Å². The third-order valence-electron chi connectivity index (χ3n) is 4.56. The molecule has 1 fully saturated rings. The molecule has 0 bridgehead atoms. The molecule has 0 radical (unpaired) electrons. The van der Waals surface area contributed by atoms with Gasteiger partial charge in [0.25, 0.3) is 0 Å². The van der Waals surface area contributed by atoms with Crippen molar-refractivity contribution in [2.75, 3.05) is 0 Å². The van der Waals surface area contributed by atoms with Crippen molar-refractivity contribution in [3.05, 3.63) is 0 Å². The topological polar surface area (TPSA) is 66.4 Å². The van der Waals surface area contributed by atoms with E-state index in [2.05, 4.69) is 26.1 Å². The molecule has 19 heavy (non-hydrogen) atoms. The van der Waals surface area contributed by atoms with Gasteiger partial charge >= 0.3 is 5.97 Å². The van der Waals surface area contributed by atoms with Crippen molar-refractivity contribution < 1.29 is 14.7 Å². The standard InChI is InChI=1S/C15H27NO3/c1-10(2)12(4)9-13(17)16-15(14(18)19)7-5-11(3)6-8-15/h10-12H,5-9H2,1-4H3,(H,16,17)(H,18,19). The van der Waals surface area contributed by atoms with Crippen molar-refractivity contribution in [3.8, 4) is 0 Å². The molecule has 0 aromatic heterocycles. The van der Waals surface area contributed by atoms with E-state index in [4.69, 9.17) is 0 Å². The van der Waals surface area contributed by atoms with E-state index in [0.717, 1.165) is 12.8 Å². The summed E-state index contributed by atoms with van der Waals surface area (Å²) >= 11 is 0. The first kappa shape index (κ1) is 16.0. The number of nitrogens with one attached hydrogen (secondary N) is 1. The zero-order chi connectivity index (χ0) is 14.6. The predicted octanol–water partition coefficient (Wildman–Crippen LogP) is 2.82. The lowest BCUT2D eigenvalue weighted by atomic mass is 9.77. The van der Waals surface area contributed by atoms with Crippen LogP contribution in [-0.2, 0) is 9.59 Å². The molecule has 1 rings (SSSR count). The summed E-state index contributed by atoms with van der Waals surface area (Å²) in [6.07, 6.45) is 3.23. The minimum Gasteiger partial charge on any atom is -0.480 e. The first-order chi connectivity index (χ1) is 8.77. The van der Waals surface area contributed by atoms with E-state index < -0.39 is 11.5 Å². The van der Waals surface area contributed by atoms with Crippen LogP contribution in [0.25, 0.3) is 0 Å². The smallest absolute Gasteiger partial charge is 0.329 e. The van der Waals surface area contributed by atoms with Crippen LogP contribution in [0.15, 0.2) is 0 Å². The van der Waals surface area contributed by atoms with Crippen molar-refractivity contribution in [3.63, 3.8) is 0 Å². The quantitative estimate of drug-likeness (QED) is 0.806. The van der Waals surface area contributed by atoms with Gasteiger partial charge < -0.3 is 10.4 Å². The molecular formula is C15H27NO3. The monoisotopic (exact) mass is 269 g/mol.